The highest BCUT2D eigenvalue weighted by Gasteiger charge is 2.37. The van der Waals surface area contributed by atoms with E-state index in [2.05, 4.69) is 4.72 Å². The Morgan fingerprint density at radius 2 is 1.91 bits per heavy atom. The third-order valence-corrected chi connectivity index (χ3v) is 5.50. The largest absolute Gasteiger partial charge is 0.377 e. The van der Waals surface area contributed by atoms with Crippen LogP contribution in [0.5, 0.6) is 0 Å². The van der Waals surface area contributed by atoms with Crippen molar-refractivity contribution >= 4 is 15.9 Å². The number of nitrogens with zero attached hydrogens (tertiary/aromatic N) is 1. The number of sulfonamides is 1. The van der Waals surface area contributed by atoms with E-state index in [0.29, 0.717) is 19.8 Å². The normalized spacial score (nSPS) is 19.4. The van der Waals surface area contributed by atoms with E-state index < -0.39 is 21.6 Å². The van der Waals surface area contributed by atoms with Crippen LogP contribution < -0.4 is 4.72 Å². The van der Waals surface area contributed by atoms with Gasteiger partial charge in [-0.05, 0) is 39.8 Å². The fourth-order valence-corrected chi connectivity index (χ4v) is 3.77. The molecule has 1 atom stereocenters. The first-order valence-corrected chi connectivity index (χ1v) is 9.10. The number of amides is 1. The Balaban J connectivity index is 2.12. The van der Waals surface area contributed by atoms with Crippen LogP contribution in [0.25, 0.3) is 0 Å². The molecule has 128 valence electrons. The third-order valence-electron chi connectivity index (χ3n) is 3.94. The van der Waals surface area contributed by atoms with Gasteiger partial charge >= 0.3 is 0 Å². The SMILES string of the molecule is Cc1ccc(S(=O)(=O)N[C@@H](C)C(=O)N2CCOCC2(C)C)cc1. The first-order valence-electron chi connectivity index (χ1n) is 7.62. The molecule has 1 aliphatic rings. The number of rotatable bonds is 4. The molecule has 2 rings (SSSR count). The highest BCUT2D eigenvalue weighted by Crippen LogP contribution is 2.20. The summed E-state index contributed by atoms with van der Waals surface area (Å²) in [5.74, 6) is -0.242. The van der Waals surface area contributed by atoms with Crippen molar-refractivity contribution in [3.8, 4) is 0 Å². The Bertz CT molecular complexity index is 668. The Labute approximate surface area is 137 Å². The fourth-order valence-electron chi connectivity index (χ4n) is 2.57. The molecule has 1 amide bonds. The van der Waals surface area contributed by atoms with Crippen molar-refractivity contribution in [1.82, 2.24) is 9.62 Å². The molecule has 1 aromatic carbocycles. The summed E-state index contributed by atoms with van der Waals surface area (Å²) < 4.78 is 32.7. The molecule has 0 aromatic heterocycles. The van der Waals surface area contributed by atoms with E-state index in [1.807, 2.05) is 20.8 Å². The van der Waals surface area contributed by atoms with Gasteiger partial charge in [-0.1, -0.05) is 17.7 Å². The summed E-state index contributed by atoms with van der Waals surface area (Å²) in [5, 5.41) is 0. The lowest BCUT2D eigenvalue weighted by Crippen LogP contribution is -2.59. The van der Waals surface area contributed by atoms with Crippen LogP contribution >= 0.6 is 0 Å². The lowest BCUT2D eigenvalue weighted by molar-refractivity contribution is -0.147. The monoisotopic (exact) mass is 340 g/mol. The highest BCUT2D eigenvalue weighted by atomic mass is 32.2. The second-order valence-corrected chi connectivity index (χ2v) is 8.22. The summed E-state index contributed by atoms with van der Waals surface area (Å²) in [6.45, 7) is 8.64. The molecule has 0 saturated carbocycles. The quantitative estimate of drug-likeness (QED) is 0.896. The molecule has 0 radical (unpaired) electrons. The van der Waals surface area contributed by atoms with Crippen molar-refractivity contribution in [1.29, 1.82) is 0 Å². The van der Waals surface area contributed by atoms with Crippen LogP contribution in [0, 0.1) is 6.92 Å². The number of hydrogen-bond donors (Lipinski definition) is 1. The van der Waals surface area contributed by atoms with Crippen LogP contribution in [0.1, 0.15) is 26.3 Å². The summed E-state index contributed by atoms with van der Waals surface area (Å²) in [5.41, 5.74) is 0.530. The molecule has 1 fully saturated rings. The zero-order valence-corrected chi connectivity index (χ0v) is 14.8. The molecule has 0 aliphatic carbocycles. The lowest BCUT2D eigenvalue weighted by atomic mass is 10.0. The van der Waals surface area contributed by atoms with Crippen molar-refractivity contribution in [2.75, 3.05) is 19.8 Å². The lowest BCUT2D eigenvalue weighted by Gasteiger charge is -2.43. The minimum Gasteiger partial charge on any atom is -0.377 e. The molecule has 0 spiro atoms. The molecular weight excluding hydrogens is 316 g/mol. The van der Waals surface area contributed by atoms with E-state index in [0.717, 1.165) is 5.56 Å². The fraction of sp³-hybridized carbons (Fsp3) is 0.562. The van der Waals surface area contributed by atoms with Gasteiger partial charge in [0.2, 0.25) is 15.9 Å². The average Bonchev–Trinajstić information content (AvgIpc) is 2.46. The number of aryl methyl sites for hydroxylation is 1. The minimum atomic E-state index is -3.73. The summed E-state index contributed by atoms with van der Waals surface area (Å²) in [4.78, 5) is 14.5. The van der Waals surface area contributed by atoms with Crippen molar-refractivity contribution in [3.63, 3.8) is 0 Å². The van der Waals surface area contributed by atoms with E-state index >= 15 is 0 Å². The van der Waals surface area contributed by atoms with Gasteiger partial charge in [0.25, 0.3) is 0 Å². The summed E-state index contributed by atoms with van der Waals surface area (Å²) in [7, 11) is -3.73. The molecule has 1 aromatic rings. The predicted octanol–water partition coefficient (Wildman–Crippen LogP) is 1.30. The van der Waals surface area contributed by atoms with Gasteiger partial charge in [0.15, 0.2) is 0 Å². The van der Waals surface area contributed by atoms with Gasteiger partial charge in [0, 0.05) is 6.54 Å². The maximum atomic E-state index is 12.6. The van der Waals surface area contributed by atoms with Crippen molar-refractivity contribution in [2.24, 2.45) is 0 Å². The molecule has 1 N–H and O–H groups in total. The second kappa shape index (κ2) is 6.59. The second-order valence-electron chi connectivity index (χ2n) is 6.51. The summed E-state index contributed by atoms with van der Waals surface area (Å²) in [6, 6.07) is 5.69. The number of hydrogen-bond acceptors (Lipinski definition) is 4. The molecule has 23 heavy (non-hydrogen) atoms. The third kappa shape index (κ3) is 4.10. The molecule has 1 saturated heterocycles. The standard InChI is InChI=1S/C16H24N2O4S/c1-12-5-7-14(8-6-12)23(20,21)17-13(2)15(19)18-9-10-22-11-16(18,3)4/h5-8,13,17H,9-11H2,1-4H3/t13-/m0/s1. The highest BCUT2D eigenvalue weighted by molar-refractivity contribution is 7.89. The first kappa shape index (κ1) is 17.9. The predicted molar refractivity (Wildman–Crippen MR) is 87.6 cm³/mol. The molecule has 0 bridgehead atoms. The van der Waals surface area contributed by atoms with Crippen LogP contribution in [-0.4, -0.2) is 50.6 Å². The zero-order valence-electron chi connectivity index (χ0n) is 14.0. The molecule has 1 aliphatic heterocycles. The number of morpholine rings is 1. The minimum absolute atomic E-state index is 0.156. The van der Waals surface area contributed by atoms with Crippen LogP contribution in [0.3, 0.4) is 0 Å². The van der Waals surface area contributed by atoms with E-state index in [1.54, 1.807) is 24.0 Å². The maximum Gasteiger partial charge on any atom is 0.241 e. The van der Waals surface area contributed by atoms with Gasteiger partial charge in [-0.3, -0.25) is 4.79 Å². The summed E-state index contributed by atoms with van der Waals surface area (Å²) >= 11 is 0. The van der Waals surface area contributed by atoms with Crippen LogP contribution in [0.4, 0.5) is 0 Å². The number of carbonyl (C=O) groups excluding carboxylic acids is 1. The summed E-state index contributed by atoms with van der Waals surface area (Å²) in [6.07, 6.45) is 0. The average molecular weight is 340 g/mol. The molecule has 6 nitrogen and oxygen atoms in total. The number of nitrogens with one attached hydrogen (secondary N) is 1. The Hall–Kier alpha value is -1.44. The Morgan fingerprint density at radius 1 is 1.30 bits per heavy atom. The Kier molecular flexibility index (Phi) is 5.13. The van der Waals surface area contributed by atoms with E-state index in [-0.39, 0.29) is 10.8 Å². The first-order chi connectivity index (χ1) is 10.6. The number of ether oxygens (including phenoxy) is 1. The molecule has 7 heteroatoms. The van der Waals surface area contributed by atoms with E-state index in [1.165, 1.54) is 12.1 Å². The molecule has 1 heterocycles. The van der Waals surface area contributed by atoms with Gasteiger partial charge in [-0.15, -0.1) is 0 Å². The van der Waals surface area contributed by atoms with Gasteiger partial charge in [-0.25, -0.2) is 8.42 Å². The molecular formula is C16H24N2O4S. The molecule has 0 unspecified atom stereocenters. The smallest absolute Gasteiger partial charge is 0.241 e. The maximum absolute atomic E-state index is 12.6. The van der Waals surface area contributed by atoms with Gasteiger partial charge in [0.05, 0.1) is 29.7 Å². The van der Waals surface area contributed by atoms with Gasteiger partial charge in [0.1, 0.15) is 0 Å². The van der Waals surface area contributed by atoms with Crippen LogP contribution in [0.2, 0.25) is 0 Å². The Morgan fingerprint density at radius 3 is 2.48 bits per heavy atom. The van der Waals surface area contributed by atoms with E-state index in [4.69, 9.17) is 4.74 Å². The van der Waals surface area contributed by atoms with Gasteiger partial charge < -0.3 is 9.64 Å². The van der Waals surface area contributed by atoms with Crippen molar-refractivity contribution in [2.45, 2.75) is 44.2 Å². The zero-order chi connectivity index (χ0) is 17.3. The van der Waals surface area contributed by atoms with Crippen molar-refractivity contribution < 1.29 is 17.9 Å². The number of carbonyl (C=O) groups is 1. The topological polar surface area (TPSA) is 75.7 Å². The number of benzene rings is 1. The van der Waals surface area contributed by atoms with E-state index in [9.17, 15) is 13.2 Å². The van der Waals surface area contributed by atoms with Crippen LogP contribution in [0.15, 0.2) is 29.2 Å². The van der Waals surface area contributed by atoms with Crippen LogP contribution in [-0.2, 0) is 19.6 Å². The van der Waals surface area contributed by atoms with Crippen molar-refractivity contribution in [3.05, 3.63) is 29.8 Å². The van der Waals surface area contributed by atoms with Gasteiger partial charge in [-0.2, -0.15) is 4.72 Å².